The summed E-state index contributed by atoms with van der Waals surface area (Å²) in [4.78, 5) is 23.7. The van der Waals surface area contributed by atoms with E-state index in [0.29, 0.717) is 6.07 Å². The fourth-order valence-electron chi connectivity index (χ4n) is 3.18. The molecule has 0 bridgehead atoms. The number of nitro benzene ring substituents is 1. The van der Waals surface area contributed by atoms with Crippen LogP contribution in [0.4, 0.5) is 24.5 Å². The van der Waals surface area contributed by atoms with Gasteiger partial charge < -0.3 is 10.6 Å². The number of carbonyl (C=O) groups is 1. The van der Waals surface area contributed by atoms with Crippen molar-refractivity contribution in [3.05, 3.63) is 62.7 Å². The zero-order valence-electron chi connectivity index (χ0n) is 16.2. The van der Waals surface area contributed by atoms with Crippen LogP contribution in [0.5, 0.6) is 0 Å². The average Bonchev–Trinajstić information content (AvgIpc) is 2.72. The SMILES string of the molecule is Nc1ccc(C(=O)N2CCN(S(=O)(=O)c3ccc(Cl)c(C(F)(F)F)c3)CC2)cc1[N+](=O)[O-]. The molecule has 0 radical (unpaired) electrons. The third-order valence-electron chi connectivity index (χ3n) is 4.88. The number of anilines is 1. The number of sulfonamides is 1. The Morgan fingerprint density at radius 2 is 1.72 bits per heavy atom. The molecule has 0 saturated carbocycles. The molecule has 32 heavy (non-hydrogen) atoms. The highest BCUT2D eigenvalue weighted by molar-refractivity contribution is 7.89. The van der Waals surface area contributed by atoms with Crippen molar-refractivity contribution < 1.29 is 31.3 Å². The third-order valence-corrected chi connectivity index (χ3v) is 7.11. The smallest absolute Gasteiger partial charge is 0.393 e. The third kappa shape index (κ3) is 4.64. The highest BCUT2D eigenvalue weighted by Crippen LogP contribution is 2.36. The summed E-state index contributed by atoms with van der Waals surface area (Å²) in [5, 5.41) is 10.4. The Kier molecular flexibility index (Phi) is 6.36. The Morgan fingerprint density at radius 1 is 1.09 bits per heavy atom. The maximum absolute atomic E-state index is 13.1. The van der Waals surface area contributed by atoms with Gasteiger partial charge in [-0.15, -0.1) is 0 Å². The molecule has 2 N–H and O–H groups in total. The predicted molar refractivity (Wildman–Crippen MR) is 109 cm³/mol. The van der Waals surface area contributed by atoms with Gasteiger partial charge in [-0.05, 0) is 30.3 Å². The van der Waals surface area contributed by atoms with Crippen molar-refractivity contribution in [1.29, 1.82) is 0 Å². The molecule has 0 unspecified atom stereocenters. The van der Waals surface area contributed by atoms with E-state index in [1.165, 1.54) is 17.0 Å². The van der Waals surface area contributed by atoms with Crippen molar-refractivity contribution in [2.75, 3.05) is 31.9 Å². The topological polar surface area (TPSA) is 127 Å². The molecule has 2 aromatic carbocycles. The number of halogens is 4. The van der Waals surface area contributed by atoms with Gasteiger partial charge in [0.15, 0.2) is 0 Å². The lowest BCUT2D eigenvalue weighted by Gasteiger charge is -2.34. The van der Waals surface area contributed by atoms with E-state index in [9.17, 15) is 36.5 Å². The summed E-state index contributed by atoms with van der Waals surface area (Å²) >= 11 is 5.55. The van der Waals surface area contributed by atoms with E-state index >= 15 is 0 Å². The standard InChI is InChI=1S/C18H16ClF3N4O5S/c19-14-3-2-12(10-13(14)18(20,21)22)32(30,31)25-7-5-24(6-8-25)17(27)11-1-4-15(23)16(9-11)26(28)29/h1-4,9-10H,5-8,23H2. The molecule has 0 spiro atoms. The molecule has 3 rings (SSSR count). The number of alkyl halides is 3. The number of rotatable bonds is 4. The average molecular weight is 493 g/mol. The van der Waals surface area contributed by atoms with Gasteiger partial charge in [-0.2, -0.15) is 17.5 Å². The fourth-order valence-corrected chi connectivity index (χ4v) is 4.85. The number of nitro groups is 1. The zero-order valence-corrected chi connectivity index (χ0v) is 17.7. The Hall–Kier alpha value is -2.90. The summed E-state index contributed by atoms with van der Waals surface area (Å²) < 4.78 is 65.8. The van der Waals surface area contributed by atoms with Gasteiger partial charge in [-0.25, -0.2) is 8.42 Å². The van der Waals surface area contributed by atoms with Crippen molar-refractivity contribution in [3.63, 3.8) is 0 Å². The van der Waals surface area contributed by atoms with Crippen molar-refractivity contribution >= 4 is 38.9 Å². The largest absolute Gasteiger partial charge is 0.417 e. The summed E-state index contributed by atoms with van der Waals surface area (Å²) in [5.41, 5.74) is 3.72. The predicted octanol–water partition coefficient (Wildman–Crippen LogP) is 3.00. The second-order valence-corrected chi connectivity index (χ2v) is 9.21. The van der Waals surface area contributed by atoms with Gasteiger partial charge in [-0.3, -0.25) is 14.9 Å². The zero-order chi connectivity index (χ0) is 23.8. The lowest BCUT2D eigenvalue weighted by atomic mass is 10.1. The lowest BCUT2D eigenvalue weighted by molar-refractivity contribution is -0.383. The highest BCUT2D eigenvalue weighted by atomic mass is 35.5. The van der Waals surface area contributed by atoms with Crippen molar-refractivity contribution in [2.24, 2.45) is 0 Å². The van der Waals surface area contributed by atoms with Crippen molar-refractivity contribution in [2.45, 2.75) is 11.1 Å². The molecule has 2 aromatic rings. The molecule has 172 valence electrons. The van der Waals surface area contributed by atoms with Crippen LogP contribution in [0, 0.1) is 10.1 Å². The quantitative estimate of drug-likeness (QED) is 0.397. The van der Waals surface area contributed by atoms with Crippen LogP contribution in [0.15, 0.2) is 41.3 Å². The molecule has 1 amide bonds. The van der Waals surface area contributed by atoms with Crippen LogP contribution in [0.2, 0.25) is 5.02 Å². The van der Waals surface area contributed by atoms with Gasteiger partial charge in [0, 0.05) is 37.8 Å². The van der Waals surface area contributed by atoms with Crippen LogP contribution in [0.1, 0.15) is 15.9 Å². The molecule has 1 aliphatic rings. The Bertz CT molecular complexity index is 1180. The fraction of sp³-hybridized carbons (Fsp3) is 0.278. The Balaban J connectivity index is 1.76. The molecular formula is C18H16ClF3N4O5S. The minimum Gasteiger partial charge on any atom is -0.393 e. The number of amides is 1. The van der Waals surface area contributed by atoms with Crippen molar-refractivity contribution in [1.82, 2.24) is 9.21 Å². The van der Waals surface area contributed by atoms with E-state index < -0.39 is 48.2 Å². The first kappa shape index (κ1) is 23.8. The van der Waals surface area contributed by atoms with E-state index in [4.69, 9.17) is 17.3 Å². The summed E-state index contributed by atoms with van der Waals surface area (Å²) in [7, 11) is -4.27. The molecule has 14 heteroatoms. The van der Waals surface area contributed by atoms with Crippen LogP contribution in [0.25, 0.3) is 0 Å². The monoisotopic (exact) mass is 492 g/mol. The summed E-state index contributed by atoms with van der Waals surface area (Å²) in [5.74, 6) is -0.559. The maximum Gasteiger partial charge on any atom is 0.417 e. The molecule has 0 atom stereocenters. The second kappa shape index (κ2) is 8.56. The van der Waals surface area contributed by atoms with Crippen molar-refractivity contribution in [3.8, 4) is 0 Å². The van der Waals surface area contributed by atoms with Gasteiger partial charge in [0.05, 0.1) is 20.4 Å². The van der Waals surface area contributed by atoms with E-state index in [-0.39, 0.29) is 37.4 Å². The minimum atomic E-state index is -4.82. The summed E-state index contributed by atoms with van der Waals surface area (Å²) in [6.45, 7) is -0.462. The van der Waals surface area contributed by atoms with Gasteiger partial charge in [-0.1, -0.05) is 11.6 Å². The number of nitrogen functional groups attached to an aromatic ring is 1. The Labute approximate surface area is 185 Å². The van der Waals surface area contributed by atoms with E-state index in [1.807, 2.05) is 0 Å². The number of hydrogen-bond acceptors (Lipinski definition) is 6. The molecule has 1 fully saturated rings. The molecule has 1 heterocycles. The summed E-state index contributed by atoms with van der Waals surface area (Å²) in [6.07, 6.45) is -4.82. The second-order valence-electron chi connectivity index (χ2n) is 6.87. The van der Waals surface area contributed by atoms with Crippen LogP contribution in [0.3, 0.4) is 0 Å². The molecular weight excluding hydrogens is 477 g/mol. The summed E-state index contributed by atoms with van der Waals surface area (Å²) in [6, 6.07) is 5.91. The first-order valence-electron chi connectivity index (χ1n) is 9.02. The van der Waals surface area contributed by atoms with Crippen LogP contribution in [-0.2, 0) is 16.2 Å². The van der Waals surface area contributed by atoms with Crippen LogP contribution < -0.4 is 5.73 Å². The van der Waals surface area contributed by atoms with Gasteiger partial charge >= 0.3 is 6.18 Å². The molecule has 9 nitrogen and oxygen atoms in total. The number of nitrogens with two attached hydrogens (primary N) is 1. The number of carbonyl (C=O) groups excluding carboxylic acids is 1. The number of hydrogen-bond donors (Lipinski definition) is 1. The normalized spacial score (nSPS) is 15.6. The van der Waals surface area contributed by atoms with Gasteiger partial charge in [0.25, 0.3) is 11.6 Å². The van der Waals surface area contributed by atoms with E-state index in [0.717, 1.165) is 22.5 Å². The number of benzene rings is 2. The number of piperazine rings is 1. The number of nitrogens with zero attached hydrogens (tertiary/aromatic N) is 3. The first-order valence-corrected chi connectivity index (χ1v) is 10.8. The Morgan fingerprint density at radius 3 is 2.28 bits per heavy atom. The van der Waals surface area contributed by atoms with Gasteiger partial charge in [0.2, 0.25) is 10.0 Å². The maximum atomic E-state index is 13.1. The molecule has 1 aliphatic heterocycles. The first-order chi connectivity index (χ1) is 14.8. The highest BCUT2D eigenvalue weighted by Gasteiger charge is 2.36. The van der Waals surface area contributed by atoms with E-state index in [2.05, 4.69) is 0 Å². The molecule has 0 aliphatic carbocycles. The van der Waals surface area contributed by atoms with Crippen LogP contribution >= 0.6 is 11.6 Å². The molecule has 0 aromatic heterocycles. The van der Waals surface area contributed by atoms with Crippen LogP contribution in [-0.4, -0.2) is 54.6 Å². The van der Waals surface area contributed by atoms with E-state index in [1.54, 1.807) is 0 Å². The minimum absolute atomic E-state index is 0.00901. The lowest BCUT2D eigenvalue weighted by Crippen LogP contribution is -2.50. The van der Waals surface area contributed by atoms with Gasteiger partial charge in [0.1, 0.15) is 5.69 Å². The molecule has 1 saturated heterocycles.